The molecular weight excluding hydrogens is 266 g/mol. The smallest absolute Gasteiger partial charge is 0.0942 e. The Morgan fingerprint density at radius 2 is 2.00 bits per heavy atom. The molecule has 2 rings (SSSR count). The number of hydrogen-bond acceptors (Lipinski definition) is 2. The molecule has 1 saturated carbocycles. The maximum absolute atomic E-state index is 10.3. The Morgan fingerprint density at radius 1 is 1.38 bits per heavy atom. The average Bonchev–Trinajstić information content (AvgIpc) is 3.10. The van der Waals surface area contributed by atoms with E-state index in [1.807, 2.05) is 24.3 Å². The predicted molar refractivity (Wildman–Crippen MR) is 69.3 cm³/mol. The number of benzene rings is 1. The molecule has 1 fully saturated rings. The van der Waals surface area contributed by atoms with Gasteiger partial charge in [-0.2, -0.15) is 0 Å². The first kappa shape index (κ1) is 12.1. The average molecular weight is 284 g/mol. The standard InChI is InChI=1S/C13H18BrNO/c1-2-12(15-11-7-8-11)13(16)9-3-5-10(14)6-4-9/h3-6,11-13,15-16H,2,7-8H2,1H3. The van der Waals surface area contributed by atoms with Crippen molar-refractivity contribution in [2.24, 2.45) is 0 Å². The molecule has 16 heavy (non-hydrogen) atoms. The normalized spacial score (nSPS) is 19.4. The molecule has 1 aliphatic rings. The van der Waals surface area contributed by atoms with E-state index in [1.54, 1.807) is 0 Å². The van der Waals surface area contributed by atoms with Crippen molar-refractivity contribution in [1.29, 1.82) is 0 Å². The quantitative estimate of drug-likeness (QED) is 0.871. The topological polar surface area (TPSA) is 32.3 Å². The summed E-state index contributed by atoms with van der Waals surface area (Å²) < 4.78 is 1.05. The van der Waals surface area contributed by atoms with E-state index in [-0.39, 0.29) is 6.04 Å². The number of aliphatic hydroxyl groups is 1. The second kappa shape index (κ2) is 5.30. The molecule has 0 aromatic heterocycles. The lowest BCUT2D eigenvalue weighted by Crippen LogP contribution is -2.35. The minimum Gasteiger partial charge on any atom is -0.387 e. The van der Waals surface area contributed by atoms with Crippen LogP contribution in [0.5, 0.6) is 0 Å². The molecule has 0 amide bonds. The number of hydrogen-bond donors (Lipinski definition) is 2. The third-order valence-electron chi connectivity index (χ3n) is 3.06. The first-order valence-corrected chi connectivity index (χ1v) is 6.69. The van der Waals surface area contributed by atoms with E-state index >= 15 is 0 Å². The van der Waals surface area contributed by atoms with Crippen LogP contribution >= 0.6 is 15.9 Å². The first-order chi connectivity index (χ1) is 7.70. The molecule has 0 spiro atoms. The number of nitrogens with one attached hydrogen (secondary N) is 1. The van der Waals surface area contributed by atoms with E-state index in [9.17, 15) is 5.11 Å². The van der Waals surface area contributed by atoms with Gasteiger partial charge in [-0.25, -0.2) is 0 Å². The Bertz CT molecular complexity index is 334. The second-order valence-corrected chi connectivity index (χ2v) is 5.37. The molecular formula is C13H18BrNO. The van der Waals surface area contributed by atoms with Gasteiger partial charge in [-0.3, -0.25) is 0 Å². The van der Waals surface area contributed by atoms with Crippen molar-refractivity contribution in [3.8, 4) is 0 Å². The van der Waals surface area contributed by atoms with Crippen LogP contribution < -0.4 is 5.32 Å². The highest BCUT2D eigenvalue weighted by Crippen LogP contribution is 2.26. The molecule has 0 bridgehead atoms. The predicted octanol–water partition coefficient (Wildman–Crippen LogP) is 3.01. The van der Waals surface area contributed by atoms with Gasteiger partial charge in [-0.05, 0) is 37.0 Å². The Kier molecular flexibility index (Phi) is 4.00. The summed E-state index contributed by atoms with van der Waals surface area (Å²) in [5, 5.41) is 13.8. The lowest BCUT2D eigenvalue weighted by atomic mass is 10.0. The zero-order valence-corrected chi connectivity index (χ0v) is 11.1. The fourth-order valence-corrected chi connectivity index (χ4v) is 2.14. The minimum absolute atomic E-state index is 0.175. The van der Waals surface area contributed by atoms with Crippen LogP contribution in [0.3, 0.4) is 0 Å². The summed E-state index contributed by atoms with van der Waals surface area (Å²) in [6.45, 7) is 2.11. The zero-order valence-electron chi connectivity index (χ0n) is 9.49. The van der Waals surface area contributed by atoms with E-state index in [0.29, 0.717) is 6.04 Å². The van der Waals surface area contributed by atoms with Gasteiger partial charge in [0, 0.05) is 16.6 Å². The van der Waals surface area contributed by atoms with Gasteiger partial charge >= 0.3 is 0 Å². The minimum atomic E-state index is -0.404. The molecule has 1 aromatic carbocycles. The summed E-state index contributed by atoms with van der Waals surface area (Å²) in [5.41, 5.74) is 0.989. The van der Waals surface area contributed by atoms with Crippen molar-refractivity contribution in [2.45, 2.75) is 44.4 Å². The summed E-state index contributed by atoms with van der Waals surface area (Å²) in [6, 6.07) is 8.71. The molecule has 0 heterocycles. The van der Waals surface area contributed by atoms with E-state index in [4.69, 9.17) is 0 Å². The third-order valence-corrected chi connectivity index (χ3v) is 3.59. The maximum Gasteiger partial charge on any atom is 0.0942 e. The van der Waals surface area contributed by atoms with Gasteiger partial charge < -0.3 is 10.4 Å². The largest absolute Gasteiger partial charge is 0.387 e. The Labute approximate surface area is 105 Å². The van der Waals surface area contributed by atoms with Gasteiger partial charge in [0.05, 0.1) is 6.10 Å². The molecule has 0 aliphatic heterocycles. The van der Waals surface area contributed by atoms with Crippen molar-refractivity contribution in [3.63, 3.8) is 0 Å². The van der Waals surface area contributed by atoms with Gasteiger partial charge in [0.2, 0.25) is 0 Å². The molecule has 0 radical (unpaired) electrons. The summed E-state index contributed by atoms with van der Waals surface area (Å²) in [4.78, 5) is 0. The Hall–Kier alpha value is -0.380. The number of halogens is 1. The van der Waals surface area contributed by atoms with E-state index < -0.39 is 6.10 Å². The summed E-state index contributed by atoms with van der Waals surface area (Å²) in [6.07, 6.45) is 3.06. The molecule has 1 aliphatic carbocycles. The molecule has 2 nitrogen and oxygen atoms in total. The summed E-state index contributed by atoms with van der Waals surface area (Å²) >= 11 is 3.40. The molecule has 3 heteroatoms. The van der Waals surface area contributed by atoms with Crippen LogP contribution in [0.2, 0.25) is 0 Å². The molecule has 0 saturated heterocycles. The highest BCUT2D eigenvalue weighted by atomic mass is 79.9. The van der Waals surface area contributed by atoms with Crippen molar-refractivity contribution < 1.29 is 5.11 Å². The number of aliphatic hydroxyl groups excluding tert-OH is 1. The van der Waals surface area contributed by atoms with Gasteiger partial charge in [-0.15, -0.1) is 0 Å². The fraction of sp³-hybridized carbons (Fsp3) is 0.538. The van der Waals surface area contributed by atoms with Gasteiger partial charge in [0.25, 0.3) is 0 Å². The van der Waals surface area contributed by atoms with Gasteiger partial charge in [0.1, 0.15) is 0 Å². The van der Waals surface area contributed by atoms with Gasteiger partial charge in [-0.1, -0.05) is 35.0 Å². The second-order valence-electron chi connectivity index (χ2n) is 4.45. The van der Waals surface area contributed by atoms with Crippen LogP contribution in [0, 0.1) is 0 Å². The van der Waals surface area contributed by atoms with Crippen LogP contribution in [0.4, 0.5) is 0 Å². The fourth-order valence-electron chi connectivity index (χ4n) is 1.88. The zero-order chi connectivity index (χ0) is 11.5. The highest BCUT2D eigenvalue weighted by Gasteiger charge is 2.27. The van der Waals surface area contributed by atoms with Gasteiger partial charge in [0.15, 0.2) is 0 Å². The van der Waals surface area contributed by atoms with Crippen molar-refractivity contribution in [2.75, 3.05) is 0 Å². The van der Waals surface area contributed by atoms with Crippen LogP contribution in [0.15, 0.2) is 28.7 Å². The number of rotatable bonds is 5. The summed E-state index contributed by atoms with van der Waals surface area (Å²) in [5.74, 6) is 0. The Morgan fingerprint density at radius 3 is 2.50 bits per heavy atom. The van der Waals surface area contributed by atoms with Crippen molar-refractivity contribution in [3.05, 3.63) is 34.3 Å². The van der Waals surface area contributed by atoms with Crippen LogP contribution in [0.25, 0.3) is 0 Å². The van der Waals surface area contributed by atoms with Crippen molar-refractivity contribution >= 4 is 15.9 Å². The molecule has 1 aromatic rings. The molecule has 88 valence electrons. The van der Waals surface area contributed by atoms with Crippen LogP contribution in [-0.2, 0) is 0 Å². The third kappa shape index (κ3) is 3.06. The molecule has 2 unspecified atom stereocenters. The highest BCUT2D eigenvalue weighted by molar-refractivity contribution is 9.10. The maximum atomic E-state index is 10.3. The van der Waals surface area contributed by atoms with E-state index in [2.05, 4.69) is 28.2 Å². The SMILES string of the molecule is CCC(NC1CC1)C(O)c1ccc(Br)cc1. The lowest BCUT2D eigenvalue weighted by molar-refractivity contribution is 0.125. The molecule has 2 atom stereocenters. The van der Waals surface area contributed by atoms with E-state index in [1.165, 1.54) is 12.8 Å². The lowest BCUT2D eigenvalue weighted by Gasteiger charge is -2.23. The van der Waals surface area contributed by atoms with Crippen molar-refractivity contribution in [1.82, 2.24) is 5.32 Å². The molecule has 2 N–H and O–H groups in total. The first-order valence-electron chi connectivity index (χ1n) is 5.90. The van der Waals surface area contributed by atoms with Crippen LogP contribution in [-0.4, -0.2) is 17.2 Å². The van der Waals surface area contributed by atoms with E-state index in [0.717, 1.165) is 16.5 Å². The monoisotopic (exact) mass is 283 g/mol. The summed E-state index contributed by atoms with van der Waals surface area (Å²) in [7, 11) is 0. The Balaban J connectivity index is 2.02. The van der Waals surface area contributed by atoms with Crippen LogP contribution in [0.1, 0.15) is 37.9 Å².